The van der Waals surface area contributed by atoms with Crippen molar-refractivity contribution in [3.63, 3.8) is 0 Å². The zero-order chi connectivity index (χ0) is 12.3. The molecule has 1 aliphatic heterocycles. The van der Waals surface area contributed by atoms with E-state index in [1.807, 2.05) is 17.0 Å². The second-order valence-corrected chi connectivity index (χ2v) is 3.98. The highest BCUT2D eigenvalue weighted by molar-refractivity contribution is 5.85. The Morgan fingerprint density at radius 1 is 1.65 bits per heavy atom. The van der Waals surface area contributed by atoms with Crippen LogP contribution in [0.2, 0.25) is 0 Å². The molecule has 5 nitrogen and oxygen atoms in total. The number of hydrogen-bond donors (Lipinski definition) is 1. The second-order valence-electron chi connectivity index (χ2n) is 3.98. The lowest BCUT2D eigenvalue weighted by atomic mass is 10.2. The lowest BCUT2D eigenvalue weighted by Crippen LogP contribution is -2.42. The van der Waals surface area contributed by atoms with E-state index in [-0.39, 0.29) is 11.9 Å². The smallest absolute Gasteiger partial charge is 0.242 e. The summed E-state index contributed by atoms with van der Waals surface area (Å²) in [5.41, 5.74) is 1.29. The van der Waals surface area contributed by atoms with Gasteiger partial charge in [-0.3, -0.25) is 4.79 Å². The van der Waals surface area contributed by atoms with Crippen molar-refractivity contribution in [2.45, 2.75) is 18.9 Å². The SMILES string of the molecule is CNC(=O)C1CCCN1c1ccc(C#N)nc1. The van der Waals surface area contributed by atoms with Crippen molar-refractivity contribution in [2.75, 3.05) is 18.5 Å². The number of carbonyl (C=O) groups excluding carboxylic acids is 1. The molecule has 1 fully saturated rings. The molecule has 0 spiro atoms. The van der Waals surface area contributed by atoms with E-state index >= 15 is 0 Å². The number of rotatable bonds is 2. The van der Waals surface area contributed by atoms with Crippen molar-refractivity contribution in [1.82, 2.24) is 10.3 Å². The number of hydrogen-bond acceptors (Lipinski definition) is 4. The Labute approximate surface area is 100 Å². The fraction of sp³-hybridized carbons (Fsp3) is 0.417. The van der Waals surface area contributed by atoms with Gasteiger partial charge in [-0.2, -0.15) is 5.26 Å². The van der Waals surface area contributed by atoms with Crippen LogP contribution in [0.4, 0.5) is 5.69 Å². The van der Waals surface area contributed by atoms with E-state index in [1.165, 1.54) is 0 Å². The first-order valence-electron chi connectivity index (χ1n) is 5.60. The van der Waals surface area contributed by atoms with Gasteiger partial charge >= 0.3 is 0 Å². The number of carbonyl (C=O) groups is 1. The molecule has 1 unspecified atom stereocenters. The van der Waals surface area contributed by atoms with Crippen LogP contribution in [-0.2, 0) is 4.79 Å². The Hall–Kier alpha value is -2.09. The van der Waals surface area contributed by atoms with E-state index in [2.05, 4.69) is 10.3 Å². The molecule has 0 radical (unpaired) electrons. The Morgan fingerprint density at radius 2 is 2.47 bits per heavy atom. The number of aromatic nitrogens is 1. The molecule has 0 bridgehead atoms. The maximum Gasteiger partial charge on any atom is 0.242 e. The molecule has 1 aromatic heterocycles. The monoisotopic (exact) mass is 230 g/mol. The van der Waals surface area contributed by atoms with Crippen LogP contribution in [-0.4, -0.2) is 30.5 Å². The summed E-state index contributed by atoms with van der Waals surface area (Å²) >= 11 is 0. The number of nitriles is 1. The Morgan fingerprint density at radius 3 is 3.06 bits per heavy atom. The molecule has 1 atom stereocenters. The third kappa shape index (κ3) is 2.21. The van der Waals surface area contributed by atoms with Crippen molar-refractivity contribution in [3.8, 4) is 6.07 Å². The molecule has 5 heteroatoms. The Balaban J connectivity index is 2.20. The maximum absolute atomic E-state index is 11.7. The van der Waals surface area contributed by atoms with Gasteiger partial charge in [0.25, 0.3) is 0 Å². The Kier molecular flexibility index (Phi) is 3.24. The van der Waals surface area contributed by atoms with Gasteiger partial charge in [-0.25, -0.2) is 4.98 Å². The summed E-state index contributed by atoms with van der Waals surface area (Å²) in [5, 5.41) is 11.4. The van der Waals surface area contributed by atoms with Gasteiger partial charge < -0.3 is 10.2 Å². The molecule has 1 aromatic rings. The Bertz CT molecular complexity index is 449. The van der Waals surface area contributed by atoms with Gasteiger partial charge in [0.15, 0.2) is 0 Å². The molecular formula is C12H14N4O. The fourth-order valence-electron chi connectivity index (χ4n) is 2.14. The van der Waals surface area contributed by atoms with Crippen molar-refractivity contribution in [2.24, 2.45) is 0 Å². The first-order chi connectivity index (χ1) is 8.26. The molecule has 1 amide bonds. The zero-order valence-corrected chi connectivity index (χ0v) is 9.68. The third-order valence-electron chi connectivity index (χ3n) is 3.00. The van der Waals surface area contributed by atoms with Crippen LogP contribution in [0.25, 0.3) is 0 Å². The maximum atomic E-state index is 11.7. The summed E-state index contributed by atoms with van der Waals surface area (Å²) < 4.78 is 0. The van der Waals surface area contributed by atoms with Crippen LogP contribution in [0.1, 0.15) is 18.5 Å². The number of pyridine rings is 1. The summed E-state index contributed by atoms with van der Waals surface area (Å²) in [6.07, 6.45) is 3.51. The molecule has 88 valence electrons. The largest absolute Gasteiger partial charge is 0.358 e. The van der Waals surface area contributed by atoms with E-state index in [1.54, 1.807) is 19.3 Å². The van der Waals surface area contributed by atoms with Crippen molar-refractivity contribution in [3.05, 3.63) is 24.0 Å². The highest BCUT2D eigenvalue weighted by atomic mass is 16.2. The van der Waals surface area contributed by atoms with E-state index in [0.29, 0.717) is 5.69 Å². The van der Waals surface area contributed by atoms with E-state index in [0.717, 1.165) is 25.1 Å². The summed E-state index contributed by atoms with van der Waals surface area (Å²) in [5.74, 6) is 0.0341. The van der Waals surface area contributed by atoms with Crippen LogP contribution in [0.5, 0.6) is 0 Å². The van der Waals surface area contributed by atoms with Crippen molar-refractivity contribution < 1.29 is 4.79 Å². The van der Waals surface area contributed by atoms with Crippen molar-refractivity contribution in [1.29, 1.82) is 5.26 Å². The summed E-state index contributed by atoms with van der Waals surface area (Å²) in [6, 6.07) is 5.38. The minimum Gasteiger partial charge on any atom is -0.358 e. The highest BCUT2D eigenvalue weighted by Gasteiger charge is 2.30. The molecule has 1 aliphatic rings. The molecule has 0 aromatic carbocycles. The van der Waals surface area contributed by atoms with Gasteiger partial charge in [0, 0.05) is 13.6 Å². The third-order valence-corrected chi connectivity index (χ3v) is 3.00. The predicted octanol–water partition coefficient (Wildman–Crippen LogP) is 0.668. The predicted molar refractivity (Wildman–Crippen MR) is 63.4 cm³/mol. The number of likely N-dealkylation sites (N-methyl/N-ethyl adjacent to an activating group) is 1. The number of nitrogens with zero attached hydrogens (tertiary/aromatic N) is 3. The first kappa shape index (κ1) is 11.4. The van der Waals surface area contributed by atoms with E-state index < -0.39 is 0 Å². The number of anilines is 1. The van der Waals surface area contributed by atoms with Crippen LogP contribution >= 0.6 is 0 Å². The van der Waals surface area contributed by atoms with Crippen LogP contribution in [0.15, 0.2) is 18.3 Å². The quantitative estimate of drug-likeness (QED) is 0.810. The molecule has 0 saturated carbocycles. The minimum absolute atomic E-state index is 0.0341. The van der Waals surface area contributed by atoms with E-state index in [9.17, 15) is 4.79 Å². The van der Waals surface area contributed by atoms with Gasteiger partial charge in [0.2, 0.25) is 5.91 Å². The zero-order valence-electron chi connectivity index (χ0n) is 9.68. The van der Waals surface area contributed by atoms with Gasteiger partial charge in [0.1, 0.15) is 17.8 Å². The molecular weight excluding hydrogens is 216 g/mol. The highest BCUT2D eigenvalue weighted by Crippen LogP contribution is 2.24. The van der Waals surface area contributed by atoms with Crippen LogP contribution in [0, 0.1) is 11.3 Å². The van der Waals surface area contributed by atoms with Gasteiger partial charge in [0.05, 0.1) is 11.9 Å². The summed E-state index contributed by atoms with van der Waals surface area (Å²) in [7, 11) is 1.65. The lowest BCUT2D eigenvalue weighted by molar-refractivity contribution is -0.121. The fourth-order valence-corrected chi connectivity index (χ4v) is 2.14. The molecule has 0 aliphatic carbocycles. The summed E-state index contributed by atoms with van der Waals surface area (Å²) in [4.78, 5) is 17.8. The molecule has 1 saturated heterocycles. The molecule has 2 rings (SSSR count). The lowest BCUT2D eigenvalue weighted by Gasteiger charge is -2.24. The van der Waals surface area contributed by atoms with Gasteiger partial charge in [-0.1, -0.05) is 0 Å². The molecule has 2 heterocycles. The molecule has 17 heavy (non-hydrogen) atoms. The second kappa shape index (κ2) is 4.83. The van der Waals surface area contributed by atoms with Crippen LogP contribution < -0.4 is 10.2 Å². The molecule has 1 N–H and O–H groups in total. The average Bonchev–Trinajstić information content (AvgIpc) is 2.87. The topological polar surface area (TPSA) is 69.0 Å². The summed E-state index contributed by atoms with van der Waals surface area (Å²) in [6.45, 7) is 0.853. The normalized spacial score (nSPS) is 18.8. The standard InChI is InChI=1S/C12H14N4O/c1-14-12(17)11-3-2-6-16(11)10-5-4-9(7-13)15-8-10/h4-5,8,11H,2-3,6H2,1H3,(H,14,17). The van der Waals surface area contributed by atoms with Gasteiger partial charge in [-0.05, 0) is 25.0 Å². The van der Waals surface area contributed by atoms with Gasteiger partial charge in [-0.15, -0.1) is 0 Å². The minimum atomic E-state index is -0.116. The van der Waals surface area contributed by atoms with Crippen molar-refractivity contribution >= 4 is 11.6 Å². The number of amides is 1. The van der Waals surface area contributed by atoms with E-state index in [4.69, 9.17) is 5.26 Å². The number of nitrogens with one attached hydrogen (secondary N) is 1. The first-order valence-corrected chi connectivity index (χ1v) is 5.60. The van der Waals surface area contributed by atoms with Crippen LogP contribution in [0.3, 0.4) is 0 Å². The average molecular weight is 230 g/mol.